The van der Waals surface area contributed by atoms with Crippen LogP contribution in [0, 0.1) is 0 Å². The molecule has 5 nitrogen and oxygen atoms in total. The minimum Gasteiger partial charge on any atom is -0.460 e. The quantitative estimate of drug-likeness (QED) is 0.818. The lowest BCUT2D eigenvalue weighted by molar-refractivity contribution is 0.0310. The Bertz CT molecular complexity index is 572. The van der Waals surface area contributed by atoms with Crippen molar-refractivity contribution in [2.45, 2.75) is 31.5 Å². The van der Waals surface area contributed by atoms with Gasteiger partial charge >= 0.3 is 0 Å². The second-order valence-electron chi connectivity index (χ2n) is 6.32. The van der Waals surface area contributed by atoms with Gasteiger partial charge in [0.1, 0.15) is 11.3 Å². The molecule has 23 heavy (non-hydrogen) atoms. The number of rotatable bonds is 7. The van der Waals surface area contributed by atoms with E-state index in [2.05, 4.69) is 22.3 Å². The summed E-state index contributed by atoms with van der Waals surface area (Å²) in [5.41, 5.74) is 0.950. The summed E-state index contributed by atoms with van der Waals surface area (Å²) < 4.78 is 10.8. The van der Waals surface area contributed by atoms with Crippen molar-refractivity contribution in [1.82, 2.24) is 10.2 Å². The number of piperidine rings is 1. The van der Waals surface area contributed by atoms with Crippen LogP contribution in [0.2, 0.25) is 0 Å². The molecule has 2 heterocycles. The molecule has 1 unspecified atom stereocenters. The van der Waals surface area contributed by atoms with Gasteiger partial charge in [0.2, 0.25) is 0 Å². The minimum atomic E-state index is -0.389. The number of hydrogen-bond donors (Lipinski definition) is 2. The second-order valence-corrected chi connectivity index (χ2v) is 6.32. The molecule has 0 bridgehead atoms. The predicted molar refractivity (Wildman–Crippen MR) is 90.4 cm³/mol. The summed E-state index contributed by atoms with van der Waals surface area (Å²) in [6, 6.07) is 10.7. The highest BCUT2D eigenvalue weighted by Gasteiger charge is 2.20. The third kappa shape index (κ3) is 4.54. The first-order chi connectivity index (χ1) is 11.2. The molecule has 2 N–H and O–H groups in total. The normalized spacial score (nSPS) is 18.5. The summed E-state index contributed by atoms with van der Waals surface area (Å²) in [6.07, 6.45) is 1.81. The molecule has 1 fully saturated rings. The van der Waals surface area contributed by atoms with Crippen molar-refractivity contribution in [2.75, 3.05) is 33.4 Å². The van der Waals surface area contributed by atoms with Gasteiger partial charge in [-0.25, -0.2) is 0 Å². The number of β-amino-alcohol motifs (C(OH)–C–C–N with tert-alkyl or cyclic N) is 1. The van der Waals surface area contributed by atoms with Crippen molar-refractivity contribution in [3.8, 4) is 0 Å². The summed E-state index contributed by atoms with van der Waals surface area (Å²) in [5, 5.41) is 14.5. The number of furan rings is 1. The monoisotopic (exact) mass is 318 g/mol. The van der Waals surface area contributed by atoms with E-state index in [1.54, 1.807) is 7.11 Å². The van der Waals surface area contributed by atoms with Crippen molar-refractivity contribution in [3.05, 3.63) is 36.1 Å². The van der Waals surface area contributed by atoms with Crippen LogP contribution in [0.15, 0.2) is 34.7 Å². The van der Waals surface area contributed by atoms with Crippen LogP contribution in [0.1, 0.15) is 18.6 Å². The van der Waals surface area contributed by atoms with E-state index in [1.807, 2.05) is 18.2 Å². The van der Waals surface area contributed by atoms with Crippen LogP contribution >= 0.6 is 0 Å². The Morgan fingerprint density at radius 2 is 2.13 bits per heavy atom. The van der Waals surface area contributed by atoms with Gasteiger partial charge in [0, 0.05) is 25.1 Å². The lowest BCUT2D eigenvalue weighted by Crippen LogP contribution is -2.45. The Kier molecular flexibility index (Phi) is 5.67. The molecule has 1 aromatic carbocycles. The van der Waals surface area contributed by atoms with Crippen LogP contribution in [0.25, 0.3) is 11.0 Å². The zero-order valence-corrected chi connectivity index (χ0v) is 13.7. The number of methoxy groups -OCH3 is 1. The average Bonchev–Trinajstić information content (AvgIpc) is 2.97. The van der Waals surface area contributed by atoms with Gasteiger partial charge in [-0.05, 0) is 38.1 Å². The molecule has 2 aromatic rings. The lowest BCUT2D eigenvalue weighted by Gasteiger charge is -2.33. The summed E-state index contributed by atoms with van der Waals surface area (Å²) in [7, 11) is 1.62. The minimum absolute atomic E-state index is 0.389. The first kappa shape index (κ1) is 16.5. The summed E-state index contributed by atoms with van der Waals surface area (Å²) >= 11 is 0. The standard InChI is InChI=1S/C18H26N2O3/c1-22-13-16(21)12-20-8-6-15(7-9-20)19-11-17-10-14-4-2-3-5-18(14)23-17/h2-5,10,15-16,19,21H,6-9,11-13H2,1H3. The van der Waals surface area contributed by atoms with Crippen LogP contribution < -0.4 is 5.32 Å². The van der Waals surface area contributed by atoms with Gasteiger partial charge < -0.3 is 24.5 Å². The molecular formula is C18H26N2O3. The number of aliphatic hydroxyl groups excluding tert-OH is 1. The van der Waals surface area contributed by atoms with E-state index < -0.39 is 0 Å². The molecule has 1 saturated heterocycles. The number of benzene rings is 1. The number of aliphatic hydroxyl groups is 1. The Balaban J connectivity index is 1.42. The van der Waals surface area contributed by atoms with E-state index in [0.29, 0.717) is 19.2 Å². The molecule has 0 saturated carbocycles. The Morgan fingerprint density at radius 3 is 2.87 bits per heavy atom. The van der Waals surface area contributed by atoms with Crippen molar-refractivity contribution in [2.24, 2.45) is 0 Å². The topological polar surface area (TPSA) is 57.9 Å². The average molecular weight is 318 g/mol. The number of nitrogens with zero attached hydrogens (tertiary/aromatic N) is 1. The van der Waals surface area contributed by atoms with Gasteiger partial charge in [0.15, 0.2) is 0 Å². The summed E-state index contributed by atoms with van der Waals surface area (Å²) in [4.78, 5) is 2.31. The fourth-order valence-electron chi connectivity index (χ4n) is 3.23. The van der Waals surface area contributed by atoms with Gasteiger partial charge in [0.25, 0.3) is 0 Å². The zero-order chi connectivity index (χ0) is 16.1. The zero-order valence-electron chi connectivity index (χ0n) is 13.7. The molecule has 0 amide bonds. The first-order valence-electron chi connectivity index (χ1n) is 8.35. The Hall–Kier alpha value is -1.40. The van der Waals surface area contributed by atoms with E-state index >= 15 is 0 Å². The highest BCUT2D eigenvalue weighted by atomic mass is 16.5. The molecule has 1 aromatic heterocycles. The van der Waals surface area contributed by atoms with Crippen LogP contribution in [0.4, 0.5) is 0 Å². The van der Waals surface area contributed by atoms with Gasteiger partial charge in [0.05, 0.1) is 19.3 Å². The van der Waals surface area contributed by atoms with Crippen molar-refractivity contribution in [1.29, 1.82) is 0 Å². The molecule has 1 aliphatic heterocycles. The molecule has 0 spiro atoms. The fourth-order valence-corrected chi connectivity index (χ4v) is 3.23. The second kappa shape index (κ2) is 7.93. The fraction of sp³-hybridized carbons (Fsp3) is 0.556. The maximum Gasteiger partial charge on any atom is 0.134 e. The molecule has 0 radical (unpaired) electrons. The molecule has 5 heteroatoms. The van der Waals surface area contributed by atoms with Gasteiger partial charge in [-0.15, -0.1) is 0 Å². The van der Waals surface area contributed by atoms with E-state index in [4.69, 9.17) is 9.15 Å². The third-order valence-electron chi connectivity index (χ3n) is 4.46. The maximum atomic E-state index is 9.79. The largest absolute Gasteiger partial charge is 0.460 e. The molecule has 3 rings (SSSR count). The molecule has 126 valence electrons. The number of hydrogen-bond acceptors (Lipinski definition) is 5. The number of fused-ring (bicyclic) bond motifs is 1. The summed E-state index contributed by atoms with van der Waals surface area (Å²) in [6.45, 7) is 3.90. The van der Waals surface area contributed by atoms with Crippen LogP contribution in [0.5, 0.6) is 0 Å². The Labute approximate surface area is 137 Å². The van der Waals surface area contributed by atoms with E-state index in [9.17, 15) is 5.11 Å². The third-order valence-corrected chi connectivity index (χ3v) is 4.46. The van der Waals surface area contributed by atoms with Gasteiger partial charge in [-0.3, -0.25) is 0 Å². The summed E-state index contributed by atoms with van der Waals surface area (Å²) in [5.74, 6) is 0.990. The highest BCUT2D eigenvalue weighted by molar-refractivity contribution is 5.77. The van der Waals surface area contributed by atoms with Crippen molar-refractivity contribution in [3.63, 3.8) is 0 Å². The number of nitrogens with one attached hydrogen (secondary N) is 1. The van der Waals surface area contributed by atoms with Crippen LogP contribution in [-0.2, 0) is 11.3 Å². The van der Waals surface area contributed by atoms with Crippen LogP contribution in [0.3, 0.4) is 0 Å². The van der Waals surface area contributed by atoms with E-state index in [-0.39, 0.29) is 6.10 Å². The maximum absolute atomic E-state index is 9.79. The molecule has 0 aliphatic carbocycles. The Morgan fingerprint density at radius 1 is 1.35 bits per heavy atom. The van der Waals surface area contributed by atoms with Crippen molar-refractivity contribution < 1.29 is 14.3 Å². The number of para-hydroxylation sites is 1. The molecule has 1 atom stereocenters. The number of likely N-dealkylation sites (tertiary alicyclic amines) is 1. The first-order valence-corrected chi connectivity index (χ1v) is 8.35. The van der Waals surface area contributed by atoms with E-state index in [1.165, 1.54) is 0 Å². The lowest BCUT2D eigenvalue weighted by atomic mass is 10.0. The number of ether oxygens (including phenoxy) is 1. The van der Waals surface area contributed by atoms with Crippen LogP contribution in [-0.4, -0.2) is 55.5 Å². The van der Waals surface area contributed by atoms with Crippen molar-refractivity contribution >= 4 is 11.0 Å². The predicted octanol–water partition coefficient (Wildman–Crippen LogP) is 1.99. The molecule has 1 aliphatic rings. The van der Waals surface area contributed by atoms with Gasteiger partial charge in [-0.2, -0.15) is 0 Å². The smallest absolute Gasteiger partial charge is 0.134 e. The van der Waals surface area contributed by atoms with E-state index in [0.717, 1.165) is 49.2 Å². The molecular weight excluding hydrogens is 292 g/mol. The van der Waals surface area contributed by atoms with Gasteiger partial charge in [-0.1, -0.05) is 18.2 Å². The highest BCUT2D eigenvalue weighted by Crippen LogP contribution is 2.19. The SMILES string of the molecule is COCC(O)CN1CCC(NCc2cc3ccccc3o2)CC1.